The van der Waals surface area contributed by atoms with Crippen molar-refractivity contribution >= 4 is 63.2 Å². The van der Waals surface area contributed by atoms with Gasteiger partial charge in [0.25, 0.3) is 5.91 Å². The number of carbonyl (C=O) groups is 2. The van der Waals surface area contributed by atoms with E-state index >= 15 is 0 Å². The lowest BCUT2D eigenvalue weighted by Gasteiger charge is -2.14. The van der Waals surface area contributed by atoms with Crippen molar-refractivity contribution in [3.63, 3.8) is 0 Å². The molecule has 0 radical (unpaired) electrons. The van der Waals surface area contributed by atoms with Crippen molar-refractivity contribution < 1.29 is 23.8 Å². The quantitative estimate of drug-likeness (QED) is 0.189. The lowest BCUT2D eigenvalue weighted by atomic mass is 10.2. The van der Waals surface area contributed by atoms with Gasteiger partial charge in [-0.05, 0) is 97.4 Å². The van der Waals surface area contributed by atoms with Crippen molar-refractivity contribution in [2.45, 2.75) is 34.1 Å². The molecule has 0 atom stereocenters. The molecule has 9 heteroatoms. The van der Waals surface area contributed by atoms with Gasteiger partial charge in [0.15, 0.2) is 23.3 Å². The normalized spacial score (nSPS) is 15.7. The van der Waals surface area contributed by atoms with Crippen LogP contribution < -0.4 is 9.47 Å². The number of ether oxygens (including phenoxy) is 3. The largest absolute Gasteiger partial charge is 0.490 e. The van der Waals surface area contributed by atoms with Crippen molar-refractivity contribution in [3.05, 3.63) is 56.0 Å². The van der Waals surface area contributed by atoms with Crippen molar-refractivity contribution in [3.8, 4) is 11.5 Å². The first-order valence-electron chi connectivity index (χ1n) is 11.5. The third kappa shape index (κ3) is 7.23. The highest BCUT2D eigenvalue weighted by Gasteiger charge is 2.33. The maximum Gasteiger partial charge on any atom is 0.344 e. The molecule has 1 amide bonds. The van der Waals surface area contributed by atoms with Gasteiger partial charge in [0.1, 0.15) is 0 Å². The van der Waals surface area contributed by atoms with Crippen LogP contribution in [0.1, 0.15) is 38.3 Å². The van der Waals surface area contributed by atoms with E-state index in [4.69, 9.17) is 19.2 Å². The molecule has 1 aliphatic heterocycles. The van der Waals surface area contributed by atoms with Crippen molar-refractivity contribution in [2.75, 3.05) is 26.4 Å². The average Bonchev–Trinajstić information content (AvgIpc) is 3.09. The van der Waals surface area contributed by atoms with Crippen LogP contribution in [0.15, 0.2) is 46.3 Å². The number of amidine groups is 1. The molecule has 0 saturated carbocycles. The van der Waals surface area contributed by atoms with Crippen LogP contribution >= 0.6 is 34.4 Å². The molecule has 35 heavy (non-hydrogen) atoms. The molecule has 2 aromatic carbocycles. The van der Waals surface area contributed by atoms with Crippen LogP contribution in [0, 0.1) is 10.5 Å². The minimum Gasteiger partial charge on any atom is -0.490 e. The van der Waals surface area contributed by atoms with Crippen molar-refractivity contribution in [2.24, 2.45) is 4.99 Å². The molecule has 7 nitrogen and oxygen atoms in total. The lowest BCUT2D eigenvalue weighted by Crippen LogP contribution is -2.29. The molecule has 1 aliphatic rings. The van der Waals surface area contributed by atoms with E-state index in [9.17, 15) is 9.59 Å². The Labute approximate surface area is 224 Å². The van der Waals surface area contributed by atoms with Crippen LogP contribution in [0.5, 0.6) is 11.5 Å². The Morgan fingerprint density at radius 1 is 1.11 bits per heavy atom. The fourth-order valence-corrected chi connectivity index (χ4v) is 5.11. The number of benzene rings is 2. The minimum atomic E-state index is -0.443. The van der Waals surface area contributed by atoms with E-state index in [1.54, 1.807) is 11.8 Å². The number of hydrogen-bond acceptors (Lipinski definition) is 7. The molecular formula is C26H29IN2O5S. The monoisotopic (exact) mass is 608 g/mol. The summed E-state index contributed by atoms with van der Waals surface area (Å²) in [5.74, 6) is 0.465. The Hall–Kier alpha value is -2.53. The standard InChI is InChI=1S/C26H29IN2O5S/c1-5-12-29-25(31)22(35-26(29)28-19-10-8-17(4)9-11-19)15-18-13-20(27)24(21(14-18)32-6-2)34-16-23(30)33-7-3/h8-11,13-15H,5-7,12,16H2,1-4H3/b22-15+,28-26?. The highest BCUT2D eigenvalue weighted by molar-refractivity contribution is 14.1. The fraction of sp³-hybridized carbons (Fsp3) is 0.346. The van der Waals surface area contributed by atoms with Crippen molar-refractivity contribution in [1.29, 1.82) is 0 Å². The van der Waals surface area contributed by atoms with Crippen LogP contribution in [-0.4, -0.2) is 48.3 Å². The first-order chi connectivity index (χ1) is 16.9. The van der Waals surface area contributed by atoms with E-state index in [-0.39, 0.29) is 12.5 Å². The highest BCUT2D eigenvalue weighted by Crippen LogP contribution is 2.38. The topological polar surface area (TPSA) is 77.4 Å². The number of thioether (sulfide) groups is 1. The second-order valence-electron chi connectivity index (χ2n) is 7.65. The predicted octanol–water partition coefficient (Wildman–Crippen LogP) is 5.95. The van der Waals surface area contributed by atoms with Gasteiger partial charge < -0.3 is 14.2 Å². The first-order valence-corrected chi connectivity index (χ1v) is 13.4. The van der Waals surface area contributed by atoms with Gasteiger partial charge >= 0.3 is 5.97 Å². The zero-order chi connectivity index (χ0) is 25.4. The van der Waals surface area contributed by atoms with Crippen LogP contribution in [0.2, 0.25) is 0 Å². The number of esters is 1. The lowest BCUT2D eigenvalue weighted by molar-refractivity contribution is -0.145. The van der Waals surface area contributed by atoms with E-state index in [1.165, 1.54) is 11.8 Å². The summed E-state index contributed by atoms with van der Waals surface area (Å²) >= 11 is 3.50. The maximum atomic E-state index is 13.2. The summed E-state index contributed by atoms with van der Waals surface area (Å²) in [6.45, 7) is 8.79. The molecule has 3 rings (SSSR count). The third-order valence-electron chi connectivity index (χ3n) is 4.86. The molecule has 0 bridgehead atoms. The molecule has 1 saturated heterocycles. The number of nitrogens with zero attached hydrogens (tertiary/aromatic N) is 2. The van der Waals surface area contributed by atoms with Crippen molar-refractivity contribution in [1.82, 2.24) is 4.90 Å². The number of aliphatic imine (C=N–C) groups is 1. The van der Waals surface area contributed by atoms with Gasteiger partial charge in [-0.3, -0.25) is 9.69 Å². The number of amides is 1. The number of hydrogen-bond donors (Lipinski definition) is 0. The van der Waals surface area contributed by atoms with E-state index in [1.807, 2.05) is 63.2 Å². The predicted molar refractivity (Wildman–Crippen MR) is 148 cm³/mol. The zero-order valence-electron chi connectivity index (χ0n) is 20.3. The van der Waals surface area contributed by atoms with Gasteiger partial charge in [-0.2, -0.15) is 0 Å². The second kappa shape index (κ2) is 13.0. The van der Waals surface area contributed by atoms with Gasteiger partial charge in [0, 0.05) is 6.54 Å². The van der Waals surface area contributed by atoms with Gasteiger partial charge in [-0.15, -0.1) is 0 Å². The molecule has 0 spiro atoms. The Kier molecular flexibility index (Phi) is 10.0. The first kappa shape index (κ1) is 27.1. The number of aryl methyl sites for hydroxylation is 1. The van der Waals surface area contributed by atoms with Crippen LogP contribution in [0.3, 0.4) is 0 Å². The maximum absolute atomic E-state index is 13.2. The summed E-state index contributed by atoms with van der Waals surface area (Å²) in [5, 5.41) is 0.668. The summed E-state index contributed by atoms with van der Waals surface area (Å²) in [4.78, 5) is 32.0. The molecule has 0 aliphatic carbocycles. The second-order valence-corrected chi connectivity index (χ2v) is 9.83. The number of rotatable bonds is 10. The summed E-state index contributed by atoms with van der Waals surface area (Å²) < 4.78 is 17.2. The highest BCUT2D eigenvalue weighted by atomic mass is 127. The van der Waals surface area contributed by atoms with Crippen LogP contribution in [0.25, 0.3) is 6.08 Å². The van der Waals surface area contributed by atoms with Crippen LogP contribution in [0.4, 0.5) is 5.69 Å². The number of halogens is 1. The zero-order valence-corrected chi connectivity index (χ0v) is 23.3. The summed E-state index contributed by atoms with van der Waals surface area (Å²) in [7, 11) is 0. The summed E-state index contributed by atoms with van der Waals surface area (Å²) in [6.07, 6.45) is 2.67. The smallest absolute Gasteiger partial charge is 0.344 e. The van der Waals surface area contributed by atoms with E-state index in [0.29, 0.717) is 41.3 Å². The summed E-state index contributed by atoms with van der Waals surface area (Å²) in [5.41, 5.74) is 2.76. The minimum absolute atomic E-state index is 0.0710. The molecule has 0 unspecified atom stereocenters. The summed E-state index contributed by atoms with van der Waals surface area (Å²) in [6, 6.07) is 11.6. The van der Waals surface area contributed by atoms with Gasteiger partial charge in [-0.25, -0.2) is 9.79 Å². The Bertz CT molecular complexity index is 1130. The molecular weight excluding hydrogens is 579 g/mol. The molecule has 0 aromatic heterocycles. The average molecular weight is 608 g/mol. The molecule has 186 valence electrons. The Morgan fingerprint density at radius 2 is 1.86 bits per heavy atom. The molecule has 1 fully saturated rings. The fourth-order valence-electron chi connectivity index (χ4n) is 3.30. The third-order valence-corrected chi connectivity index (χ3v) is 6.67. The van der Waals surface area contributed by atoms with E-state index in [0.717, 1.165) is 26.8 Å². The Morgan fingerprint density at radius 3 is 2.51 bits per heavy atom. The van der Waals surface area contributed by atoms with E-state index < -0.39 is 5.97 Å². The van der Waals surface area contributed by atoms with Crippen LogP contribution in [-0.2, 0) is 14.3 Å². The number of carbonyl (C=O) groups excluding carboxylic acids is 2. The molecule has 2 aromatic rings. The van der Waals surface area contributed by atoms with Gasteiger partial charge in [-0.1, -0.05) is 24.6 Å². The Balaban J connectivity index is 1.91. The molecule has 1 heterocycles. The van der Waals surface area contributed by atoms with E-state index in [2.05, 4.69) is 22.6 Å². The SMILES string of the molecule is CCCN1C(=O)/C(=C\c2cc(I)c(OCC(=O)OCC)c(OCC)c2)SC1=Nc1ccc(C)cc1. The molecule has 0 N–H and O–H groups in total. The van der Waals surface area contributed by atoms with Gasteiger partial charge in [0.2, 0.25) is 0 Å². The van der Waals surface area contributed by atoms with Gasteiger partial charge in [0.05, 0.1) is 27.4 Å².